The van der Waals surface area contributed by atoms with E-state index >= 15 is 0 Å². The van der Waals surface area contributed by atoms with Gasteiger partial charge in [-0.1, -0.05) is 36.9 Å². The predicted molar refractivity (Wildman–Crippen MR) is 90.3 cm³/mol. The highest BCUT2D eigenvalue weighted by atomic mass is 32.2. The number of hydrogen-bond acceptors (Lipinski definition) is 3. The number of aryl methyl sites for hydroxylation is 1. The lowest BCUT2D eigenvalue weighted by Crippen LogP contribution is -2.21. The van der Waals surface area contributed by atoms with Gasteiger partial charge < -0.3 is 10.5 Å². The SMILES string of the molecule is CCC(N)Cc1ccc(Sc2ccccc2OC)cc1C. The third kappa shape index (κ3) is 4.26. The van der Waals surface area contributed by atoms with Crippen LogP contribution in [0.5, 0.6) is 5.75 Å². The fourth-order valence-electron chi connectivity index (χ4n) is 2.22. The van der Waals surface area contributed by atoms with Crippen molar-refractivity contribution in [1.29, 1.82) is 0 Å². The topological polar surface area (TPSA) is 35.2 Å². The van der Waals surface area contributed by atoms with Crippen molar-refractivity contribution >= 4 is 11.8 Å². The van der Waals surface area contributed by atoms with Gasteiger partial charge in [0.15, 0.2) is 0 Å². The van der Waals surface area contributed by atoms with Gasteiger partial charge in [-0.15, -0.1) is 0 Å². The number of ether oxygens (including phenoxy) is 1. The zero-order valence-electron chi connectivity index (χ0n) is 12.9. The first-order chi connectivity index (χ1) is 10.1. The van der Waals surface area contributed by atoms with E-state index in [1.54, 1.807) is 18.9 Å². The standard InChI is InChI=1S/C18H23NOS/c1-4-15(19)12-14-9-10-16(11-13(14)2)21-18-8-6-5-7-17(18)20-3/h5-11,15H,4,12,19H2,1-3H3. The van der Waals surface area contributed by atoms with Gasteiger partial charge in [0.1, 0.15) is 5.75 Å². The molecule has 0 heterocycles. The molecular weight excluding hydrogens is 278 g/mol. The molecule has 0 bridgehead atoms. The lowest BCUT2D eigenvalue weighted by atomic mass is 10.0. The third-order valence-corrected chi connectivity index (χ3v) is 4.66. The summed E-state index contributed by atoms with van der Waals surface area (Å²) in [5.74, 6) is 0.914. The lowest BCUT2D eigenvalue weighted by molar-refractivity contribution is 0.405. The van der Waals surface area contributed by atoms with Gasteiger partial charge in [0.25, 0.3) is 0 Å². The first kappa shape index (κ1) is 15.9. The molecule has 112 valence electrons. The summed E-state index contributed by atoms with van der Waals surface area (Å²) in [6.45, 7) is 4.29. The van der Waals surface area contributed by atoms with Crippen molar-refractivity contribution in [2.24, 2.45) is 5.73 Å². The molecule has 2 nitrogen and oxygen atoms in total. The number of methoxy groups -OCH3 is 1. The number of benzene rings is 2. The van der Waals surface area contributed by atoms with Gasteiger partial charge in [0.2, 0.25) is 0 Å². The molecule has 0 fully saturated rings. The van der Waals surface area contributed by atoms with Gasteiger partial charge in [-0.2, -0.15) is 0 Å². The minimum Gasteiger partial charge on any atom is -0.496 e. The number of para-hydroxylation sites is 1. The molecule has 2 N–H and O–H groups in total. The Balaban J connectivity index is 2.16. The summed E-state index contributed by atoms with van der Waals surface area (Å²) in [4.78, 5) is 2.36. The molecule has 0 aliphatic heterocycles. The van der Waals surface area contributed by atoms with Crippen molar-refractivity contribution < 1.29 is 4.74 Å². The van der Waals surface area contributed by atoms with Crippen LogP contribution < -0.4 is 10.5 Å². The van der Waals surface area contributed by atoms with Crippen LogP contribution in [0.25, 0.3) is 0 Å². The fourth-order valence-corrected chi connectivity index (χ4v) is 3.24. The summed E-state index contributed by atoms with van der Waals surface area (Å²) < 4.78 is 5.40. The molecular formula is C18H23NOS. The average molecular weight is 301 g/mol. The second kappa shape index (κ2) is 7.53. The normalized spacial score (nSPS) is 12.2. The number of rotatable bonds is 6. The maximum absolute atomic E-state index is 6.05. The van der Waals surface area contributed by atoms with Crippen LogP contribution in [0, 0.1) is 6.92 Å². The Morgan fingerprint density at radius 1 is 1.19 bits per heavy atom. The number of hydrogen-bond donors (Lipinski definition) is 1. The minimum absolute atomic E-state index is 0.247. The van der Waals surface area contributed by atoms with Crippen molar-refractivity contribution in [2.75, 3.05) is 7.11 Å². The van der Waals surface area contributed by atoms with Gasteiger partial charge >= 0.3 is 0 Å². The first-order valence-electron chi connectivity index (χ1n) is 7.30. The predicted octanol–water partition coefficient (Wildman–Crippen LogP) is 4.43. The summed E-state index contributed by atoms with van der Waals surface area (Å²) in [6.07, 6.45) is 1.96. The van der Waals surface area contributed by atoms with Crippen LogP contribution in [-0.2, 0) is 6.42 Å². The molecule has 2 aromatic rings. The smallest absolute Gasteiger partial charge is 0.132 e. The van der Waals surface area contributed by atoms with Gasteiger partial charge in [-0.05, 0) is 55.2 Å². The van der Waals surface area contributed by atoms with Crippen molar-refractivity contribution in [2.45, 2.75) is 42.5 Å². The lowest BCUT2D eigenvalue weighted by Gasteiger charge is -2.13. The Kier molecular flexibility index (Phi) is 5.71. The molecule has 0 aromatic heterocycles. The summed E-state index contributed by atoms with van der Waals surface area (Å²) >= 11 is 1.73. The highest BCUT2D eigenvalue weighted by Gasteiger charge is 2.08. The second-order valence-corrected chi connectivity index (χ2v) is 6.33. The van der Waals surface area contributed by atoms with E-state index < -0.39 is 0 Å². The maximum Gasteiger partial charge on any atom is 0.132 e. The van der Waals surface area contributed by atoms with Crippen molar-refractivity contribution in [3.05, 3.63) is 53.6 Å². The van der Waals surface area contributed by atoms with E-state index in [-0.39, 0.29) is 6.04 Å². The molecule has 0 aliphatic carbocycles. The second-order valence-electron chi connectivity index (χ2n) is 5.21. The Morgan fingerprint density at radius 2 is 1.95 bits per heavy atom. The Labute approximate surface area is 131 Å². The van der Waals surface area contributed by atoms with Crippen LogP contribution in [0.15, 0.2) is 52.3 Å². The molecule has 0 amide bonds. The Morgan fingerprint density at radius 3 is 2.62 bits per heavy atom. The molecule has 1 atom stereocenters. The van der Waals surface area contributed by atoms with Crippen LogP contribution in [0.3, 0.4) is 0 Å². The monoisotopic (exact) mass is 301 g/mol. The van der Waals surface area contributed by atoms with Gasteiger partial charge in [0, 0.05) is 10.9 Å². The maximum atomic E-state index is 6.05. The Bertz CT molecular complexity index is 598. The van der Waals surface area contributed by atoms with E-state index in [4.69, 9.17) is 10.5 Å². The third-order valence-electron chi connectivity index (χ3n) is 3.62. The van der Waals surface area contributed by atoms with E-state index in [1.807, 2.05) is 18.2 Å². The van der Waals surface area contributed by atoms with E-state index in [9.17, 15) is 0 Å². The van der Waals surface area contributed by atoms with Crippen molar-refractivity contribution in [3.63, 3.8) is 0 Å². The summed E-state index contributed by atoms with van der Waals surface area (Å²) in [5, 5.41) is 0. The summed E-state index contributed by atoms with van der Waals surface area (Å²) in [7, 11) is 1.71. The molecule has 2 rings (SSSR count). The highest BCUT2D eigenvalue weighted by molar-refractivity contribution is 7.99. The molecule has 0 radical (unpaired) electrons. The van der Waals surface area contributed by atoms with Crippen LogP contribution in [0.4, 0.5) is 0 Å². The van der Waals surface area contributed by atoms with E-state index in [1.165, 1.54) is 16.0 Å². The van der Waals surface area contributed by atoms with Gasteiger partial charge in [-0.25, -0.2) is 0 Å². The zero-order chi connectivity index (χ0) is 15.2. The molecule has 21 heavy (non-hydrogen) atoms. The van der Waals surface area contributed by atoms with E-state index in [2.05, 4.69) is 38.1 Å². The van der Waals surface area contributed by atoms with Crippen molar-refractivity contribution in [3.8, 4) is 5.75 Å². The molecule has 0 aliphatic rings. The average Bonchev–Trinajstić information content (AvgIpc) is 2.50. The molecule has 0 saturated heterocycles. The van der Waals surface area contributed by atoms with Gasteiger partial charge in [0.05, 0.1) is 12.0 Å². The minimum atomic E-state index is 0.247. The van der Waals surface area contributed by atoms with E-state index in [0.717, 1.165) is 23.5 Å². The molecule has 1 unspecified atom stereocenters. The quantitative estimate of drug-likeness (QED) is 0.857. The molecule has 3 heteroatoms. The van der Waals surface area contributed by atoms with Crippen molar-refractivity contribution in [1.82, 2.24) is 0 Å². The van der Waals surface area contributed by atoms with E-state index in [0.29, 0.717) is 0 Å². The molecule has 0 spiro atoms. The first-order valence-corrected chi connectivity index (χ1v) is 8.11. The van der Waals surface area contributed by atoms with Gasteiger partial charge in [-0.3, -0.25) is 0 Å². The van der Waals surface area contributed by atoms with Crippen LogP contribution in [0.2, 0.25) is 0 Å². The zero-order valence-corrected chi connectivity index (χ0v) is 13.7. The largest absolute Gasteiger partial charge is 0.496 e. The summed E-state index contributed by atoms with van der Waals surface area (Å²) in [5.41, 5.74) is 8.70. The van der Waals surface area contributed by atoms with Crippen LogP contribution in [-0.4, -0.2) is 13.2 Å². The molecule has 2 aromatic carbocycles. The Hall–Kier alpha value is -1.45. The van der Waals surface area contributed by atoms with Crippen LogP contribution >= 0.6 is 11.8 Å². The molecule has 0 saturated carbocycles. The summed E-state index contributed by atoms with van der Waals surface area (Å²) in [6, 6.07) is 14.9. The highest BCUT2D eigenvalue weighted by Crippen LogP contribution is 2.35. The number of nitrogens with two attached hydrogens (primary N) is 1. The van der Waals surface area contributed by atoms with Crippen LogP contribution in [0.1, 0.15) is 24.5 Å². The fraction of sp³-hybridized carbons (Fsp3) is 0.333.